The molecule has 2 nitrogen and oxygen atoms in total. The van der Waals surface area contributed by atoms with Gasteiger partial charge >= 0.3 is 94.6 Å². The first-order valence-corrected chi connectivity index (χ1v) is 1.49. The second-order valence-corrected chi connectivity index (χ2v) is 0.747. The van der Waals surface area contributed by atoms with E-state index in [1.165, 1.54) is 0 Å². The van der Waals surface area contributed by atoms with E-state index in [9.17, 15) is 4.79 Å². The number of carbonyl (C=O) groups is 1. The van der Waals surface area contributed by atoms with Gasteiger partial charge in [-0.3, -0.25) is 4.79 Å². The summed E-state index contributed by atoms with van der Waals surface area (Å²) in [5.74, 6) is -0.745. The van der Waals surface area contributed by atoms with Crippen molar-refractivity contribution in [3.8, 4) is 0 Å². The fourth-order valence-electron chi connectivity index (χ4n) is 0. The third-order valence-corrected chi connectivity index (χ3v) is 0.302. The average Bonchev–Trinajstić information content (AvgIpc) is 1.38. The van der Waals surface area contributed by atoms with E-state index in [1.54, 1.807) is 6.92 Å². The molecule has 8 heavy (non-hydrogen) atoms. The van der Waals surface area contributed by atoms with Crippen LogP contribution in [0.4, 0.5) is 0 Å². The van der Waals surface area contributed by atoms with Gasteiger partial charge in [0.2, 0.25) is 0 Å². The van der Waals surface area contributed by atoms with Crippen molar-refractivity contribution in [3.05, 3.63) is 0 Å². The Bertz CT molecular complexity index is 57.1. The smallest absolute Gasteiger partial charge is 1.00 e. The van der Waals surface area contributed by atoms with Crippen LogP contribution in [0, 0.1) is 0 Å². The quantitative estimate of drug-likeness (QED) is 0.373. The van der Waals surface area contributed by atoms with Gasteiger partial charge in [-0.05, 0) is 0 Å². The van der Waals surface area contributed by atoms with Crippen molar-refractivity contribution in [2.45, 2.75) is 13.3 Å². The molecule has 0 heterocycles. The molecule has 0 spiro atoms. The fourth-order valence-corrected chi connectivity index (χ4v) is 0. The first-order chi connectivity index (χ1) is 2.27. The molecule has 1 N–H and O–H groups in total. The summed E-state index contributed by atoms with van der Waals surface area (Å²) in [6.07, 6.45) is 0.222. The number of hydrogen-bond acceptors (Lipinski definition) is 1. The molecule has 0 aliphatic rings. The Kier molecular flexibility index (Phi) is 45.5. The Hall–Kier alpha value is 2.47. The van der Waals surface area contributed by atoms with Gasteiger partial charge < -0.3 is 9.39 Å². The van der Waals surface area contributed by atoms with Crippen LogP contribution in [0.25, 0.3) is 0 Å². The predicted octanol–water partition coefficient (Wildman–Crippen LogP) is -8.17. The average molecular weight is 146 g/mol. The second-order valence-electron chi connectivity index (χ2n) is 0.747. The third-order valence-electron chi connectivity index (χ3n) is 0.302. The molecule has 0 aliphatic heterocycles. The molecule has 0 unspecified atom stereocenters. The molecule has 0 bridgehead atoms. The summed E-state index contributed by atoms with van der Waals surface area (Å²) < 4.78 is 0. The molecule has 0 rings (SSSR count). The standard InChI is InChI=1S/C3H6O2.3Na.3H/c1-2-3(4)5;;;;;;/h2H2,1H3,(H,4,5);;;;;;/q;3*+1;3*-1. The number of aliphatic carboxylic acids is 1. The van der Waals surface area contributed by atoms with Crippen molar-refractivity contribution >= 4 is 5.97 Å². The minimum absolute atomic E-state index is 0. The molecule has 0 atom stereocenters. The molecule has 0 fully saturated rings. The Morgan fingerprint density at radius 3 is 1.62 bits per heavy atom. The van der Waals surface area contributed by atoms with E-state index in [-0.39, 0.29) is 99.4 Å². The van der Waals surface area contributed by atoms with E-state index in [2.05, 4.69) is 0 Å². The van der Waals surface area contributed by atoms with Gasteiger partial charge in [0.25, 0.3) is 0 Å². The third kappa shape index (κ3) is 23.7. The van der Waals surface area contributed by atoms with Crippen LogP contribution in [0.5, 0.6) is 0 Å². The van der Waals surface area contributed by atoms with Crippen molar-refractivity contribution in [2.75, 3.05) is 0 Å². The molecule has 0 saturated carbocycles. The summed E-state index contributed by atoms with van der Waals surface area (Å²) >= 11 is 0. The number of hydrogen-bond donors (Lipinski definition) is 1. The zero-order chi connectivity index (χ0) is 4.28. The predicted molar refractivity (Wildman–Crippen MR) is 21.3 cm³/mol. The van der Waals surface area contributed by atoms with E-state index < -0.39 is 5.97 Å². The first-order valence-electron chi connectivity index (χ1n) is 1.49. The summed E-state index contributed by atoms with van der Waals surface area (Å²) in [5, 5.41) is 7.72. The Balaban J connectivity index is -0.00000000533. The molecular weight excluding hydrogens is 137 g/mol. The van der Waals surface area contributed by atoms with E-state index >= 15 is 0 Å². The van der Waals surface area contributed by atoms with Crippen LogP contribution in [0.15, 0.2) is 0 Å². The molecular formula is C3H9Na3O2. The van der Waals surface area contributed by atoms with Gasteiger partial charge in [-0.15, -0.1) is 0 Å². The van der Waals surface area contributed by atoms with Crippen LogP contribution in [0.1, 0.15) is 17.6 Å². The minimum atomic E-state index is -0.745. The second kappa shape index (κ2) is 16.2. The van der Waals surface area contributed by atoms with E-state index in [4.69, 9.17) is 5.11 Å². The Labute approximate surface area is 120 Å². The molecule has 0 aliphatic carbocycles. The molecule has 0 aromatic rings. The minimum Gasteiger partial charge on any atom is -1.00 e. The van der Waals surface area contributed by atoms with Gasteiger partial charge in [-0.1, -0.05) is 6.92 Å². The summed E-state index contributed by atoms with van der Waals surface area (Å²) in [7, 11) is 0. The molecule has 0 aromatic carbocycles. The fraction of sp³-hybridized carbons (Fsp3) is 0.667. The monoisotopic (exact) mass is 146 g/mol. The summed E-state index contributed by atoms with van der Waals surface area (Å²) in [5.41, 5.74) is 0. The van der Waals surface area contributed by atoms with Crippen molar-refractivity contribution in [1.82, 2.24) is 0 Å². The molecule has 0 saturated heterocycles. The van der Waals surface area contributed by atoms with Gasteiger partial charge in [0.15, 0.2) is 0 Å². The number of carboxylic acid groups (broad SMARTS) is 1. The number of carboxylic acids is 1. The van der Waals surface area contributed by atoms with E-state index in [1.807, 2.05) is 0 Å². The number of rotatable bonds is 1. The molecule has 0 aromatic heterocycles. The van der Waals surface area contributed by atoms with E-state index in [0.717, 1.165) is 0 Å². The molecule has 0 amide bonds. The molecule has 0 radical (unpaired) electrons. The van der Waals surface area contributed by atoms with Crippen LogP contribution in [-0.2, 0) is 4.79 Å². The summed E-state index contributed by atoms with van der Waals surface area (Å²) in [4.78, 5) is 9.37. The van der Waals surface area contributed by atoms with Crippen LogP contribution in [0.3, 0.4) is 0 Å². The van der Waals surface area contributed by atoms with Crippen molar-refractivity contribution in [3.63, 3.8) is 0 Å². The normalized spacial score (nSPS) is 4.62. The summed E-state index contributed by atoms with van der Waals surface area (Å²) in [6, 6.07) is 0. The van der Waals surface area contributed by atoms with Gasteiger partial charge in [-0.25, -0.2) is 0 Å². The van der Waals surface area contributed by atoms with Gasteiger partial charge in [0.1, 0.15) is 0 Å². The van der Waals surface area contributed by atoms with Gasteiger partial charge in [-0.2, -0.15) is 0 Å². The Morgan fingerprint density at radius 1 is 1.50 bits per heavy atom. The zero-order valence-corrected chi connectivity index (χ0v) is 12.1. The van der Waals surface area contributed by atoms with Crippen LogP contribution in [0.2, 0.25) is 0 Å². The SMILES string of the molecule is CCC(=O)O.[H-].[H-].[H-].[Na+].[Na+].[Na+]. The van der Waals surface area contributed by atoms with Gasteiger partial charge in [0.05, 0.1) is 0 Å². The first kappa shape index (κ1) is 22.4. The summed E-state index contributed by atoms with van der Waals surface area (Å²) in [6.45, 7) is 1.60. The maximum absolute atomic E-state index is 9.37. The Morgan fingerprint density at radius 2 is 1.62 bits per heavy atom. The van der Waals surface area contributed by atoms with E-state index in [0.29, 0.717) is 0 Å². The zero-order valence-electron chi connectivity index (χ0n) is 9.06. The van der Waals surface area contributed by atoms with Crippen molar-refractivity contribution < 1.29 is 103 Å². The van der Waals surface area contributed by atoms with Crippen molar-refractivity contribution in [2.24, 2.45) is 0 Å². The largest absolute Gasteiger partial charge is 1.00 e. The maximum Gasteiger partial charge on any atom is 1.00 e. The van der Waals surface area contributed by atoms with Crippen LogP contribution < -0.4 is 88.7 Å². The van der Waals surface area contributed by atoms with Crippen molar-refractivity contribution in [1.29, 1.82) is 0 Å². The molecule has 5 heteroatoms. The van der Waals surface area contributed by atoms with Gasteiger partial charge in [0, 0.05) is 6.42 Å². The maximum atomic E-state index is 9.37. The topological polar surface area (TPSA) is 37.3 Å². The van der Waals surface area contributed by atoms with Crippen LogP contribution >= 0.6 is 0 Å². The molecule has 36 valence electrons. The van der Waals surface area contributed by atoms with Crippen LogP contribution in [-0.4, -0.2) is 11.1 Å².